The zero-order valence-electron chi connectivity index (χ0n) is 12.9. The van der Waals surface area contributed by atoms with Gasteiger partial charge < -0.3 is 0 Å². The summed E-state index contributed by atoms with van der Waals surface area (Å²) in [4.78, 5) is 8.31. The van der Waals surface area contributed by atoms with Crippen molar-refractivity contribution in [2.45, 2.75) is 18.7 Å². The third kappa shape index (κ3) is 3.56. The standard InChI is InChI=1S/C15H14IN5O2S/c1-10-7-11(2)21(19-10)15-8-14(17-9-18-15)20-24(22,23)13-5-3-12(16)4-6-13/h3-9H,1-2H3,(H,17,18,20). The van der Waals surface area contributed by atoms with Crippen LogP contribution in [0.3, 0.4) is 0 Å². The average molecular weight is 455 g/mol. The number of hydrogen-bond acceptors (Lipinski definition) is 5. The second-order valence-electron chi connectivity index (χ2n) is 5.16. The molecule has 3 rings (SSSR count). The fourth-order valence-electron chi connectivity index (χ4n) is 2.19. The molecule has 0 unspecified atom stereocenters. The number of nitrogens with one attached hydrogen (secondary N) is 1. The van der Waals surface area contributed by atoms with Gasteiger partial charge in [-0.1, -0.05) is 0 Å². The van der Waals surface area contributed by atoms with Crippen LogP contribution in [0.15, 0.2) is 47.6 Å². The predicted octanol–water partition coefficient (Wildman–Crippen LogP) is 2.68. The first-order chi connectivity index (χ1) is 11.3. The molecule has 9 heteroatoms. The number of anilines is 1. The maximum absolute atomic E-state index is 12.4. The van der Waals surface area contributed by atoms with Crippen LogP contribution in [0, 0.1) is 17.4 Å². The summed E-state index contributed by atoms with van der Waals surface area (Å²) in [7, 11) is -3.71. The zero-order chi connectivity index (χ0) is 17.3. The van der Waals surface area contributed by atoms with Gasteiger partial charge in [-0.15, -0.1) is 0 Å². The van der Waals surface area contributed by atoms with E-state index in [0.717, 1.165) is 15.0 Å². The molecule has 0 aliphatic rings. The highest BCUT2D eigenvalue weighted by molar-refractivity contribution is 14.1. The number of aryl methyl sites for hydroxylation is 2. The van der Waals surface area contributed by atoms with Gasteiger partial charge in [0.1, 0.15) is 12.1 Å². The third-order valence-electron chi connectivity index (χ3n) is 3.24. The molecule has 7 nitrogen and oxygen atoms in total. The molecule has 1 N–H and O–H groups in total. The molecular weight excluding hydrogens is 441 g/mol. The predicted molar refractivity (Wildman–Crippen MR) is 98.6 cm³/mol. The van der Waals surface area contributed by atoms with Crippen molar-refractivity contribution in [2.75, 3.05) is 4.72 Å². The molecular formula is C15H14IN5O2S. The topological polar surface area (TPSA) is 89.8 Å². The number of nitrogens with zero attached hydrogens (tertiary/aromatic N) is 4. The molecule has 0 fully saturated rings. The van der Waals surface area contributed by atoms with Crippen molar-refractivity contribution in [1.29, 1.82) is 0 Å². The summed E-state index contributed by atoms with van der Waals surface area (Å²) >= 11 is 2.12. The molecule has 3 aromatic rings. The van der Waals surface area contributed by atoms with Crippen LogP contribution in [-0.2, 0) is 10.0 Å². The van der Waals surface area contributed by atoms with E-state index >= 15 is 0 Å². The van der Waals surface area contributed by atoms with E-state index in [1.54, 1.807) is 35.0 Å². The smallest absolute Gasteiger partial charge is 0.263 e. The van der Waals surface area contributed by atoms with E-state index in [2.05, 4.69) is 42.4 Å². The number of benzene rings is 1. The Kier molecular flexibility index (Phi) is 4.54. The van der Waals surface area contributed by atoms with Crippen molar-refractivity contribution in [3.05, 3.63) is 57.7 Å². The summed E-state index contributed by atoms with van der Waals surface area (Å²) in [5.41, 5.74) is 1.75. The van der Waals surface area contributed by atoms with E-state index in [-0.39, 0.29) is 10.7 Å². The molecule has 0 amide bonds. The van der Waals surface area contributed by atoms with E-state index in [0.29, 0.717) is 5.82 Å². The lowest BCUT2D eigenvalue weighted by atomic mass is 10.4. The fourth-order valence-corrected chi connectivity index (χ4v) is 3.55. The van der Waals surface area contributed by atoms with E-state index < -0.39 is 10.0 Å². The van der Waals surface area contributed by atoms with Crippen molar-refractivity contribution in [3.63, 3.8) is 0 Å². The van der Waals surface area contributed by atoms with Crippen LogP contribution in [0.2, 0.25) is 0 Å². The number of hydrogen-bond donors (Lipinski definition) is 1. The summed E-state index contributed by atoms with van der Waals surface area (Å²) in [6.07, 6.45) is 1.30. The van der Waals surface area contributed by atoms with E-state index in [4.69, 9.17) is 0 Å². The quantitative estimate of drug-likeness (QED) is 0.612. The third-order valence-corrected chi connectivity index (χ3v) is 5.33. The van der Waals surface area contributed by atoms with Crippen LogP contribution in [0.1, 0.15) is 11.4 Å². The maximum atomic E-state index is 12.4. The van der Waals surface area contributed by atoms with Gasteiger partial charge in [-0.3, -0.25) is 4.72 Å². The van der Waals surface area contributed by atoms with Crippen LogP contribution in [0.4, 0.5) is 5.82 Å². The molecule has 2 aromatic heterocycles. The molecule has 24 heavy (non-hydrogen) atoms. The monoisotopic (exact) mass is 455 g/mol. The number of sulfonamides is 1. The second kappa shape index (κ2) is 6.48. The lowest BCUT2D eigenvalue weighted by Crippen LogP contribution is -2.14. The maximum Gasteiger partial charge on any atom is 0.263 e. The fraction of sp³-hybridized carbons (Fsp3) is 0.133. The SMILES string of the molecule is Cc1cc(C)n(-c2cc(NS(=O)(=O)c3ccc(I)cc3)ncn2)n1. The van der Waals surface area contributed by atoms with Crippen LogP contribution >= 0.6 is 22.6 Å². The molecule has 0 atom stereocenters. The zero-order valence-corrected chi connectivity index (χ0v) is 15.9. The summed E-state index contributed by atoms with van der Waals surface area (Å²) in [5.74, 6) is 0.682. The highest BCUT2D eigenvalue weighted by Crippen LogP contribution is 2.17. The van der Waals surface area contributed by atoms with Gasteiger partial charge in [-0.05, 0) is 66.8 Å². The first-order valence-electron chi connectivity index (χ1n) is 6.99. The lowest BCUT2D eigenvalue weighted by molar-refractivity contribution is 0.601. The number of rotatable bonds is 4. The van der Waals surface area contributed by atoms with Crippen LogP contribution in [0.25, 0.3) is 5.82 Å². The second-order valence-corrected chi connectivity index (χ2v) is 8.09. The average Bonchev–Trinajstić information content (AvgIpc) is 2.86. The molecule has 0 aliphatic carbocycles. The van der Waals surface area contributed by atoms with Crippen molar-refractivity contribution < 1.29 is 8.42 Å². The molecule has 0 bridgehead atoms. The summed E-state index contributed by atoms with van der Waals surface area (Å²) < 4.78 is 29.9. The largest absolute Gasteiger partial charge is 0.263 e. The van der Waals surface area contributed by atoms with Crippen LogP contribution in [0.5, 0.6) is 0 Å². The molecule has 2 heterocycles. The van der Waals surface area contributed by atoms with Gasteiger partial charge >= 0.3 is 0 Å². The van der Waals surface area contributed by atoms with Gasteiger partial charge in [0.2, 0.25) is 0 Å². The van der Waals surface area contributed by atoms with Gasteiger partial charge in [0.05, 0.1) is 10.6 Å². The minimum absolute atomic E-state index is 0.175. The Morgan fingerprint density at radius 3 is 2.42 bits per heavy atom. The molecule has 0 aliphatic heterocycles. The van der Waals surface area contributed by atoms with Gasteiger partial charge in [0, 0.05) is 15.3 Å². The summed E-state index contributed by atoms with van der Waals surface area (Å²) in [6.45, 7) is 3.78. The molecule has 1 aromatic carbocycles. The number of aromatic nitrogens is 4. The Morgan fingerprint density at radius 1 is 1.08 bits per heavy atom. The molecule has 0 saturated heterocycles. The molecule has 0 radical (unpaired) electrons. The van der Waals surface area contributed by atoms with Crippen molar-refractivity contribution in [1.82, 2.24) is 19.7 Å². The Hall–Kier alpha value is -2.01. The first-order valence-corrected chi connectivity index (χ1v) is 9.55. The van der Waals surface area contributed by atoms with E-state index in [1.165, 1.54) is 6.33 Å². The van der Waals surface area contributed by atoms with Gasteiger partial charge in [-0.2, -0.15) is 5.10 Å². The summed E-state index contributed by atoms with van der Waals surface area (Å²) in [6, 6.07) is 10.0. The van der Waals surface area contributed by atoms with Gasteiger partial charge in [-0.25, -0.2) is 23.1 Å². The van der Waals surface area contributed by atoms with Crippen molar-refractivity contribution >= 4 is 38.4 Å². The highest BCUT2D eigenvalue weighted by atomic mass is 127. The van der Waals surface area contributed by atoms with Crippen LogP contribution in [-0.4, -0.2) is 28.2 Å². The lowest BCUT2D eigenvalue weighted by Gasteiger charge is -2.09. The first kappa shape index (κ1) is 16.8. The van der Waals surface area contributed by atoms with E-state index in [9.17, 15) is 8.42 Å². The Balaban J connectivity index is 1.92. The van der Waals surface area contributed by atoms with E-state index in [1.807, 2.05) is 19.9 Å². The number of halogens is 1. The molecule has 0 spiro atoms. The molecule has 124 valence electrons. The Morgan fingerprint density at radius 2 is 1.79 bits per heavy atom. The minimum atomic E-state index is -3.71. The Labute approximate surface area is 153 Å². The highest BCUT2D eigenvalue weighted by Gasteiger charge is 2.15. The summed E-state index contributed by atoms with van der Waals surface area (Å²) in [5, 5.41) is 4.33. The normalized spacial score (nSPS) is 11.5. The van der Waals surface area contributed by atoms with Gasteiger partial charge in [0.25, 0.3) is 10.0 Å². The van der Waals surface area contributed by atoms with Gasteiger partial charge in [0.15, 0.2) is 5.82 Å². The Bertz CT molecular complexity index is 983. The minimum Gasteiger partial charge on any atom is -0.263 e. The van der Waals surface area contributed by atoms with Crippen molar-refractivity contribution in [2.24, 2.45) is 0 Å². The van der Waals surface area contributed by atoms with Crippen LogP contribution < -0.4 is 4.72 Å². The molecule has 0 saturated carbocycles. The van der Waals surface area contributed by atoms with Crippen molar-refractivity contribution in [3.8, 4) is 5.82 Å².